The maximum Gasteiger partial charge on any atom is 0.407 e. The zero-order valence-corrected chi connectivity index (χ0v) is 15.8. The third-order valence-corrected chi connectivity index (χ3v) is 3.23. The topological polar surface area (TPSA) is 92.3 Å². The van der Waals surface area contributed by atoms with Crippen LogP contribution in [-0.4, -0.2) is 29.1 Å². The molecule has 7 nitrogen and oxygen atoms in total. The predicted molar refractivity (Wildman–Crippen MR) is 101 cm³/mol. The molecule has 0 aliphatic rings. The van der Waals surface area contributed by atoms with Crippen LogP contribution in [0.15, 0.2) is 36.5 Å². The lowest BCUT2D eigenvalue weighted by Gasteiger charge is -2.19. The molecule has 0 spiro atoms. The summed E-state index contributed by atoms with van der Waals surface area (Å²) in [4.78, 5) is 27.7. The van der Waals surface area contributed by atoms with Gasteiger partial charge in [0.15, 0.2) is 5.82 Å². The van der Waals surface area contributed by atoms with E-state index in [2.05, 4.69) is 20.9 Å². The molecule has 2 aromatic rings. The molecule has 1 aromatic carbocycles. The Morgan fingerprint density at radius 1 is 1.14 bits per heavy atom. The summed E-state index contributed by atoms with van der Waals surface area (Å²) >= 11 is 0. The number of alkyl carbamates (subject to hydrolysis) is 1. The van der Waals surface area contributed by atoms with Crippen molar-refractivity contribution in [1.82, 2.24) is 10.3 Å². The van der Waals surface area contributed by atoms with E-state index in [0.717, 1.165) is 18.2 Å². The second-order valence-corrected chi connectivity index (χ2v) is 6.91. The molecule has 2 amide bonds. The molecular formula is C19H22F2N4O3. The van der Waals surface area contributed by atoms with Crippen LogP contribution in [-0.2, 0) is 9.53 Å². The van der Waals surface area contributed by atoms with E-state index in [1.54, 1.807) is 32.9 Å². The number of pyridine rings is 1. The predicted octanol–water partition coefficient (Wildman–Crippen LogP) is 3.96. The van der Waals surface area contributed by atoms with Crippen molar-refractivity contribution in [3.05, 3.63) is 48.2 Å². The molecule has 0 atom stereocenters. The highest BCUT2D eigenvalue weighted by Gasteiger charge is 2.16. The number of halogens is 2. The molecule has 9 heteroatoms. The summed E-state index contributed by atoms with van der Waals surface area (Å²) in [6, 6.07) is 6.20. The molecule has 0 saturated heterocycles. The van der Waals surface area contributed by atoms with Gasteiger partial charge in [0.2, 0.25) is 5.91 Å². The number of nitrogens with one attached hydrogen (secondary N) is 3. The number of rotatable bonds is 6. The van der Waals surface area contributed by atoms with Gasteiger partial charge in [-0.15, -0.1) is 0 Å². The Morgan fingerprint density at radius 2 is 1.82 bits per heavy atom. The Labute approximate surface area is 161 Å². The summed E-state index contributed by atoms with van der Waals surface area (Å²) in [5.41, 5.74) is -0.0920. The Bertz CT molecular complexity index is 833. The molecule has 0 radical (unpaired) electrons. The monoisotopic (exact) mass is 392 g/mol. The van der Waals surface area contributed by atoms with E-state index < -0.39 is 29.2 Å². The largest absolute Gasteiger partial charge is 0.444 e. The number of carbonyl (C=O) groups excluding carboxylic acids is 2. The first-order valence-corrected chi connectivity index (χ1v) is 8.57. The highest BCUT2D eigenvalue weighted by atomic mass is 19.1. The third-order valence-electron chi connectivity index (χ3n) is 3.23. The van der Waals surface area contributed by atoms with Crippen LogP contribution in [0.2, 0.25) is 0 Å². The number of amides is 2. The summed E-state index contributed by atoms with van der Waals surface area (Å²) in [5.74, 6) is -1.67. The fraction of sp³-hybridized carbons (Fsp3) is 0.316. The molecule has 1 aromatic heterocycles. The summed E-state index contributed by atoms with van der Waals surface area (Å²) in [6.07, 6.45) is 0.837. The zero-order chi connectivity index (χ0) is 20.7. The average Bonchev–Trinajstić information content (AvgIpc) is 2.54. The van der Waals surface area contributed by atoms with Crippen molar-refractivity contribution in [1.29, 1.82) is 0 Å². The molecule has 0 bridgehead atoms. The van der Waals surface area contributed by atoms with Gasteiger partial charge in [0.1, 0.15) is 17.2 Å². The van der Waals surface area contributed by atoms with Crippen LogP contribution in [0.25, 0.3) is 0 Å². The smallest absolute Gasteiger partial charge is 0.407 e. The second kappa shape index (κ2) is 9.12. The lowest BCUT2D eigenvalue weighted by Crippen LogP contribution is -2.34. The van der Waals surface area contributed by atoms with Gasteiger partial charge >= 0.3 is 6.09 Å². The Balaban J connectivity index is 1.93. The molecule has 28 heavy (non-hydrogen) atoms. The minimum atomic E-state index is -0.731. The summed E-state index contributed by atoms with van der Waals surface area (Å²) in [6.45, 7) is 5.28. The quantitative estimate of drug-likeness (QED) is 0.692. The molecule has 3 N–H and O–H groups in total. The van der Waals surface area contributed by atoms with Crippen molar-refractivity contribution < 1.29 is 23.1 Å². The first-order valence-electron chi connectivity index (χ1n) is 8.57. The molecule has 0 fully saturated rings. The number of aromatic nitrogens is 1. The average molecular weight is 392 g/mol. The fourth-order valence-electron chi connectivity index (χ4n) is 2.17. The summed E-state index contributed by atoms with van der Waals surface area (Å²) in [5, 5.41) is 7.88. The van der Waals surface area contributed by atoms with Crippen molar-refractivity contribution in [2.75, 3.05) is 17.2 Å². The van der Waals surface area contributed by atoms with E-state index in [0.29, 0.717) is 5.69 Å². The molecule has 0 aliphatic carbocycles. The fourth-order valence-corrected chi connectivity index (χ4v) is 2.17. The van der Waals surface area contributed by atoms with Gasteiger partial charge in [-0.25, -0.2) is 18.6 Å². The number of hydrogen-bond donors (Lipinski definition) is 3. The first kappa shape index (κ1) is 21.1. The Kier molecular flexibility index (Phi) is 6.86. The Morgan fingerprint density at radius 3 is 2.46 bits per heavy atom. The molecule has 1 heterocycles. The highest BCUT2D eigenvalue weighted by Crippen LogP contribution is 2.24. The van der Waals surface area contributed by atoms with Crippen LogP contribution in [0.4, 0.5) is 30.8 Å². The van der Waals surface area contributed by atoms with E-state index in [4.69, 9.17) is 4.74 Å². The van der Waals surface area contributed by atoms with Gasteiger partial charge in [0.05, 0.1) is 5.69 Å². The first-order chi connectivity index (χ1) is 13.1. The van der Waals surface area contributed by atoms with Crippen LogP contribution >= 0.6 is 0 Å². The minimum absolute atomic E-state index is 0.0101. The molecule has 0 aliphatic heterocycles. The zero-order valence-electron chi connectivity index (χ0n) is 15.8. The normalized spacial score (nSPS) is 10.9. The van der Waals surface area contributed by atoms with Crippen molar-refractivity contribution in [2.45, 2.75) is 32.8 Å². The third kappa shape index (κ3) is 7.18. The van der Waals surface area contributed by atoms with Crippen molar-refractivity contribution in [3.8, 4) is 0 Å². The maximum absolute atomic E-state index is 13.3. The minimum Gasteiger partial charge on any atom is -0.444 e. The highest BCUT2D eigenvalue weighted by molar-refractivity contribution is 5.93. The van der Waals surface area contributed by atoms with Crippen LogP contribution in [0, 0.1) is 11.6 Å². The van der Waals surface area contributed by atoms with Crippen LogP contribution in [0.1, 0.15) is 27.2 Å². The van der Waals surface area contributed by atoms with Gasteiger partial charge in [-0.2, -0.15) is 0 Å². The van der Waals surface area contributed by atoms with Crippen molar-refractivity contribution >= 4 is 29.2 Å². The van der Waals surface area contributed by atoms with Gasteiger partial charge < -0.3 is 20.7 Å². The van der Waals surface area contributed by atoms with Crippen molar-refractivity contribution in [3.63, 3.8) is 0 Å². The van der Waals surface area contributed by atoms with Gasteiger partial charge in [-0.1, -0.05) is 0 Å². The second-order valence-electron chi connectivity index (χ2n) is 6.91. The number of anilines is 3. The number of hydrogen-bond acceptors (Lipinski definition) is 5. The Hall–Kier alpha value is -3.23. The molecule has 0 saturated carbocycles. The van der Waals surface area contributed by atoms with Crippen LogP contribution in [0.5, 0.6) is 0 Å². The lowest BCUT2D eigenvalue weighted by molar-refractivity contribution is -0.116. The van der Waals surface area contributed by atoms with E-state index in [1.807, 2.05) is 0 Å². The number of benzene rings is 1. The number of carbonyl (C=O) groups is 2. The molecule has 0 unspecified atom stereocenters. The number of ether oxygens (including phenoxy) is 1. The lowest BCUT2D eigenvalue weighted by atomic mass is 10.2. The van der Waals surface area contributed by atoms with E-state index in [-0.39, 0.29) is 24.5 Å². The van der Waals surface area contributed by atoms with E-state index in [1.165, 1.54) is 6.20 Å². The van der Waals surface area contributed by atoms with Crippen LogP contribution < -0.4 is 16.0 Å². The standard InChI is InChI=1S/C19H22F2N4O3/c1-19(2,3)28-18(27)23-8-6-16(26)25-17-15(5-4-7-22-17)24-14-10-12(20)9-13(21)11-14/h4-5,7,9-11,24H,6,8H2,1-3H3,(H,23,27)(H,22,25,26). The summed E-state index contributed by atoms with van der Waals surface area (Å²) < 4.78 is 31.8. The molecule has 150 valence electrons. The summed E-state index contributed by atoms with van der Waals surface area (Å²) in [7, 11) is 0. The van der Waals surface area contributed by atoms with Gasteiger partial charge in [0, 0.05) is 30.9 Å². The van der Waals surface area contributed by atoms with Gasteiger partial charge in [-0.05, 0) is 45.0 Å². The van der Waals surface area contributed by atoms with Gasteiger partial charge in [0.25, 0.3) is 0 Å². The number of nitrogens with zero attached hydrogens (tertiary/aromatic N) is 1. The van der Waals surface area contributed by atoms with Gasteiger partial charge in [-0.3, -0.25) is 4.79 Å². The SMILES string of the molecule is CC(C)(C)OC(=O)NCCC(=O)Nc1ncccc1Nc1cc(F)cc(F)c1. The van der Waals surface area contributed by atoms with Crippen LogP contribution in [0.3, 0.4) is 0 Å². The maximum atomic E-state index is 13.3. The van der Waals surface area contributed by atoms with E-state index >= 15 is 0 Å². The molecule has 2 rings (SSSR count). The molecular weight excluding hydrogens is 370 g/mol. The van der Waals surface area contributed by atoms with E-state index in [9.17, 15) is 18.4 Å². The van der Waals surface area contributed by atoms with Crippen molar-refractivity contribution in [2.24, 2.45) is 0 Å².